The number of hydrogen-bond acceptors (Lipinski definition) is 5. The molecule has 0 spiro atoms. The standard InChI is InChI=1S/C20H13Cl2N5OS/c21-14-7-8-15(16(22)10-14)18-19(27-12-23-11-24-27)29-20(26-18)25-17(28)9-6-13-4-2-1-3-5-13/h1-12H,(H,25,26,28). The summed E-state index contributed by atoms with van der Waals surface area (Å²) < 4.78 is 1.58. The average molecular weight is 442 g/mol. The molecule has 29 heavy (non-hydrogen) atoms. The first-order valence-corrected chi connectivity index (χ1v) is 10.0. The number of aromatic nitrogens is 4. The van der Waals surface area contributed by atoms with Crippen molar-refractivity contribution in [3.05, 3.63) is 82.9 Å². The van der Waals surface area contributed by atoms with E-state index in [4.69, 9.17) is 23.2 Å². The van der Waals surface area contributed by atoms with Gasteiger partial charge in [0.05, 0.1) is 5.02 Å². The Hall–Kier alpha value is -3.00. The van der Waals surface area contributed by atoms with E-state index in [2.05, 4.69) is 20.4 Å². The third kappa shape index (κ3) is 4.54. The van der Waals surface area contributed by atoms with Crippen LogP contribution in [0.3, 0.4) is 0 Å². The van der Waals surface area contributed by atoms with Crippen molar-refractivity contribution < 1.29 is 4.79 Å². The predicted molar refractivity (Wildman–Crippen MR) is 117 cm³/mol. The normalized spacial score (nSPS) is 11.1. The number of amides is 1. The Bertz CT molecular complexity index is 1170. The molecule has 0 atom stereocenters. The van der Waals surface area contributed by atoms with Gasteiger partial charge in [-0.2, -0.15) is 5.10 Å². The smallest absolute Gasteiger partial charge is 0.250 e. The third-order valence-electron chi connectivity index (χ3n) is 3.88. The van der Waals surface area contributed by atoms with Crippen LogP contribution in [0.1, 0.15) is 5.56 Å². The molecule has 2 aromatic carbocycles. The van der Waals surface area contributed by atoms with Crippen molar-refractivity contribution >= 4 is 51.7 Å². The minimum atomic E-state index is -0.290. The molecule has 4 aromatic rings. The number of halogens is 2. The first-order valence-electron chi connectivity index (χ1n) is 8.45. The molecule has 0 bridgehead atoms. The first-order chi connectivity index (χ1) is 14.1. The molecule has 144 valence electrons. The van der Waals surface area contributed by atoms with Gasteiger partial charge in [0.15, 0.2) is 5.13 Å². The highest BCUT2D eigenvalue weighted by atomic mass is 35.5. The molecular weight excluding hydrogens is 429 g/mol. The highest BCUT2D eigenvalue weighted by molar-refractivity contribution is 7.18. The van der Waals surface area contributed by atoms with E-state index in [1.54, 1.807) is 35.3 Å². The van der Waals surface area contributed by atoms with Crippen molar-refractivity contribution in [2.45, 2.75) is 0 Å². The summed E-state index contributed by atoms with van der Waals surface area (Å²) in [4.78, 5) is 20.9. The van der Waals surface area contributed by atoms with Gasteiger partial charge in [-0.05, 0) is 29.8 Å². The van der Waals surface area contributed by atoms with E-state index in [-0.39, 0.29) is 5.91 Å². The third-order valence-corrected chi connectivity index (χ3v) is 5.39. The van der Waals surface area contributed by atoms with E-state index in [9.17, 15) is 4.79 Å². The fourth-order valence-electron chi connectivity index (χ4n) is 2.57. The van der Waals surface area contributed by atoms with Crippen LogP contribution in [0.2, 0.25) is 10.0 Å². The van der Waals surface area contributed by atoms with Gasteiger partial charge in [-0.25, -0.2) is 14.6 Å². The number of benzene rings is 2. The number of hydrogen-bond donors (Lipinski definition) is 1. The second-order valence-corrected chi connectivity index (χ2v) is 7.69. The molecule has 2 heterocycles. The number of anilines is 1. The van der Waals surface area contributed by atoms with Gasteiger partial charge in [0.1, 0.15) is 23.3 Å². The van der Waals surface area contributed by atoms with E-state index in [0.29, 0.717) is 31.4 Å². The van der Waals surface area contributed by atoms with Crippen molar-refractivity contribution in [2.24, 2.45) is 0 Å². The largest absolute Gasteiger partial charge is 0.298 e. The minimum Gasteiger partial charge on any atom is -0.298 e. The number of nitrogens with one attached hydrogen (secondary N) is 1. The Morgan fingerprint density at radius 3 is 2.69 bits per heavy atom. The van der Waals surface area contributed by atoms with E-state index < -0.39 is 0 Å². The molecule has 0 aliphatic carbocycles. The summed E-state index contributed by atoms with van der Waals surface area (Å²) in [5.74, 6) is -0.290. The monoisotopic (exact) mass is 441 g/mol. The molecule has 0 fully saturated rings. The highest BCUT2D eigenvalue weighted by Crippen LogP contribution is 2.38. The molecule has 0 radical (unpaired) electrons. The van der Waals surface area contributed by atoms with Gasteiger partial charge in [-0.3, -0.25) is 10.1 Å². The van der Waals surface area contributed by atoms with Crippen LogP contribution in [0.4, 0.5) is 5.13 Å². The maximum absolute atomic E-state index is 12.3. The zero-order valence-corrected chi connectivity index (χ0v) is 17.1. The van der Waals surface area contributed by atoms with Gasteiger partial charge in [0, 0.05) is 16.7 Å². The van der Waals surface area contributed by atoms with Crippen molar-refractivity contribution in [1.82, 2.24) is 19.7 Å². The Kier molecular flexibility index (Phi) is 5.71. The molecule has 4 rings (SSSR count). The van der Waals surface area contributed by atoms with Crippen molar-refractivity contribution in [3.8, 4) is 16.3 Å². The summed E-state index contributed by atoms with van der Waals surface area (Å²) in [6.45, 7) is 0. The Morgan fingerprint density at radius 2 is 1.97 bits per heavy atom. The molecule has 0 aliphatic rings. The summed E-state index contributed by atoms with van der Waals surface area (Å²) in [5.41, 5.74) is 2.18. The van der Waals surface area contributed by atoms with E-state index in [0.717, 1.165) is 5.56 Å². The van der Waals surface area contributed by atoms with Crippen molar-refractivity contribution in [1.29, 1.82) is 0 Å². The predicted octanol–water partition coefficient (Wildman–Crippen LogP) is 5.35. The molecular formula is C20H13Cl2N5OS. The number of thiazole rings is 1. The summed E-state index contributed by atoms with van der Waals surface area (Å²) in [6.07, 6.45) is 6.18. The van der Waals surface area contributed by atoms with Gasteiger partial charge in [0.2, 0.25) is 5.91 Å². The van der Waals surface area contributed by atoms with Crippen LogP contribution in [-0.4, -0.2) is 25.7 Å². The van der Waals surface area contributed by atoms with Gasteiger partial charge < -0.3 is 0 Å². The Morgan fingerprint density at radius 1 is 1.14 bits per heavy atom. The number of carbonyl (C=O) groups excluding carboxylic acids is 1. The summed E-state index contributed by atoms with van der Waals surface area (Å²) in [5, 5.41) is 9.02. The molecule has 2 aromatic heterocycles. The van der Waals surface area contributed by atoms with Gasteiger partial charge in [-0.1, -0.05) is 64.9 Å². The number of carbonyl (C=O) groups is 1. The van der Waals surface area contributed by atoms with Crippen LogP contribution in [0.5, 0.6) is 0 Å². The summed E-state index contributed by atoms with van der Waals surface area (Å²) >= 11 is 13.6. The summed E-state index contributed by atoms with van der Waals surface area (Å²) in [6, 6.07) is 14.7. The van der Waals surface area contributed by atoms with E-state index in [1.165, 1.54) is 23.7 Å². The number of rotatable bonds is 5. The molecule has 1 amide bonds. The quantitative estimate of drug-likeness (QED) is 0.423. The highest BCUT2D eigenvalue weighted by Gasteiger charge is 2.19. The SMILES string of the molecule is O=C(C=Cc1ccccc1)Nc1nc(-c2ccc(Cl)cc2Cl)c(-n2cncn2)s1. The fourth-order valence-corrected chi connectivity index (χ4v) is 3.98. The van der Waals surface area contributed by atoms with Crippen LogP contribution in [0.25, 0.3) is 22.3 Å². The van der Waals surface area contributed by atoms with Crippen LogP contribution < -0.4 is 5.32 Å². The lowest BCUT2D eigenvalue weighted by atomic mass is 10.1. The van der Waals surface area contributed by atoms with Crippen LogP contribution in [0, 0.1) is 0 Å². The minimum absolute atomic E-state index is 0.290. The lowest BCUT2D eigenvalue weighted by molar-refractivity contribution is -0.111. The van der Waals surface area contributed by atoms with E-state index in [1.807, 2.05) is 30.3 Å². The second-order valence-electron chi connectivity index (χ2n) is 5.87. The lowest BCUT2D eigenvalue weighted by Gasteiger charge is -2.04. The Balaban J connectivity index is 1.65. The molecule has 0 saturated heterocycles. The lowest BCUT2D eigenvalue weighted by Crippen LogP contribution is -2.07. The molecule has 1 N–H and O–H groups in total. The maximum atomic E-state index is 12.3. The molecule has 0 saturated carbocycles. The van der Waals surface area contributed by atoms with Crippen molar-refractivity contribution in [2.75, 3.05) is 5.32 Å². The van der Waals surface area contributed by atoms with Crippen molar-refractivity contribution in [3.63, 3.8) is 0 Å². The first kappa shape index (κ1) is 19.3. The zero-order valence-electron chi connectivity index (χ0n) is 14.8. The molecule has 6 nitrogen and oxygen atoms in total. The van der Waals surface area contributed by atoms with Gasteiger partial charge >= 0.3 is 0 Å². The van der Waals surface area contributed by atoms with Gasteiger partial charge in [-0.15, -0.1) is 0 Å². The van der Waals surface area contributed by atoms with Crippen LogP contribution in [-0.2, 0) is 4.79 Å². The topological polar surface area (TPSA) is 72.7 Å². The molecule has 0 aliphatic heterocycles. The Labute approximate surface area is 180 Å². The summed E-state index contributed by atoms with van der Waals surface area (Å²) in [7, 11) is 0. The molecule has 9 heteroatoms. The fraction of sp³-hybridized carbons (Fsp3) is 0. The maximum Gasteiger partial charge on any atom is 0.250 e. The zero-order chi connectivity index (χ0) is 20.2. The van der Waals surface area contributed by atoms with Crippen LogP contribution in [0.15, 0.2) is 67.3 Å². The van der Waals surface area contributed by atoms with E-state index >= 15 is 0 Å². The molecule has 0 unspecified atom stereocenters. The average Bonchev–Trinajstić information content (AvgIpc) is 3.37. The second kappa shape index (κ2) is 8.57. The van der Waals surface area contributed by atoms with Gasteiger partial charge in [0.25, 0.3) is 0 Å². The number of nitrogens with zero attached hydrogens (tertiary/aromatic N) is 4. The van der Waals surface area contributed by atoms with Crippen LogP contribution >= 0.6 is 34.5 Å².